The maximum atomic E-state index is 4.34. The molecule has 0 radical (unpaired) electrons. The fourth-order valence-electron chi connectivity index (χ4n) is 2.36. The van der Waals surface area contributed by atoms with E-state index in [4.69, 9.17) is 0 Å². The van der Waals surface area contributed by atoms with Crippen molar-refractivity contribution in [2.45, 2.75) is 26.4 Å². The Labute approximate surface area is 132 Å². The van der Waals surface area contributed by atoms with Crippen LogP contribution in [0.2, 0.25) is 0 Å². The summed E-state index contributed by atoms with van der Waals surface area (Å²) >= 11 is 0. The standard InChI is InChI=1S/C17H25N5/c1-5-14-6-8-15(9-7-14)12-21(3)17(18-2)19-10-16-11-20-22(4)13-16/h6-9,11,13H,5,10,12H2,1-4H3,(H,18,19). The highest BCUT2D eigenvalue weighted by Gasteiger charge is 2.07. The van der Waals surface area contributed by atoms with Gasteiger partial charge in [0.2, 0.25) is 0 Å². The van der Waals surface area contributed by atoms with Gasteiger partial charge in [-0.25, -0.2) is 0 Å². The van der Waals surface area contributed by atoms with Crippen LogP contribution in [0.5, 0.6) is 0 Å². The van der Waals surface area contributed by atoms with Gasteiger partial charge in [0.15, 0.2) is 5.96 Å². The van der Waals surface area contributed by atoms with Crippen LogP contribution in [-0.4, -0.2) is 34.7 Å². The van der Waals surface area contributed by atoms with Gasteiger partial charge in [-0.3, -0.25) is 9.67 Å². The number of rotatable bonds is 5. The first-order valence-electron chi connectivity index (χ1n) is 7.59. The van der Waals surface area contributed by atoms with Gasteiger partial charge in [-0.1, -0.05) is 31.2 Å². The largest absolute Gasteiger partial charge is 0.352 e. The highest BCUT2D eigenvalue weighted by molar-refractivity contribution is 5.79. The van der Waals surface area contributed by atoms with Crippen LogP contribution < -0.4 is 5.32 Å². The molecule has 118 valence electrons. The fraction of sp³-hybridized carbons (Fsp3) is 0.412. The van der Waals surface area contributed by atoms with Crippen LogP contribution in [-0.2, 0) is 26.6 Å². The zero-order valence-electron chi connectivity index (χ0n) is 13.9. The van der Waals surface area contributed by atoms with Crippen molar-refractivity contribution in [2.24, 2.45) is 12.0 Å². The van der Waals surface area contributed by atoms with Gasteiger partial charge in [0.05, 0.1) is 6.20 Å². The van der Waals surface area contributed by atoms with Gasteiger partial charge in [-0.15, -0.1) is 0 Å². The Morgan fingerprint density at radius 2 is 1.91 bits per heavy atom. The summed E-state index contributed by atoms with van der Waals surface area (Å²) in [6.07, 6.45) is 4.94. The summed E-state index contributed by atoms with van der Waals surface area (Å²) in [5.41, 5.74) is 3.79. The van der Waals surface area contributed by atoms with E-state index in [2.05, 4.69) is 51.5 Å². The first-order chi connectivity index (χ1) is 10.6. The van der Waals surface area contributed by atoms with Crippen molar-refractivity contribution < 1.29 is 0 Å². The summed E-state index contributed by atoms with van der Waals surface area (Å²) in [5, 5.41) is 7.54. The molecule has 0 amide bonds. The Morgan fingerprint density at radius 1 is 1.23 bits per heavy atom. The van der Waals surface area contributed by atoms with Crippen molar-refractivity contribution in [1.29, 1.82) is 0 Å². The quantitative estimate of drug-likeness (QED) is 0.680. The molecule has 0 bridgehead atoms. The van der Waals surface area contributed by atoms with Crippen molar-refractivity contribution >= 4 is 5.96 Å². The molecule has 0 aliphatic heterocycles. The van der Waals surface area contributed by atoms with Crippen LogP contribution in [0, 0.1) is 0 Å². The van der Waals surface area contributed by atoms with Crippen molar-refractivity contribution in [3.8, 4) is 0 Å². The molecule has 0 aliphatic carbocycles. The summed E-state index contributed by atoms with van der Waals surface area (Å²) in [6.45, 7) is 3.72. The third kappa shape index (κ3) is 4.35. The molecule has 2 rings (SSSR count). The van der Waals surface area contributed by atoms with E-state index in [1.54, 1.807) is 4.68 Å². The van der Waals surface area contributed by atoms with Gasteiger partial charge >= 0.3 is 0 Å². The number of nitrogens with one attached hydrogen (secondary N) is 1. The third-order valence-electron chi connectivity index (χ3n) is 3.63. The average Bonchev–Trinajstić information content (AvgIpc) is 2.94. The second-order valence-electron chi connectivity index (χ2n) is 5.45. The van der Waals surface area contributed by atoms with E-state index >= 15 is 0 Å². The molecule has 1 heterocycles. The maximum absolute atomic E-state index is 4.34. The minimum absolute atomic E-state index is 0.722. The Kier molecular flexibility index (Phi) is 5.58. The van der Waals surface area contributed by atoms with Crippen molar-refractivity contribution in [2.75, 3.05) is 14.1 Å². The zero-order valence-corrected chi connectivity index (χ0v) is 13.9. The molecule has 0 saturated carbocycles. The highest BCUT2D eigenvalue weighted by Crippen LogP contribution is 2.07. The first-order valence-corrected chi connectivity index (χ1v) is 7.59. The van der Waals surface area contributed by atoms with Gasteiger partial charge in [-0.05, 0) is 17.5 Å². The fourth-order valence-corrected chi connectivity index (χ4v) is 2.36. The molecule has 5 heteroatoms. The summed E-state index contributed by atoms with van der Waals surface area (Å²) in [5.74, 6) is 0.878. The number of aromatic nitrogens is 2. The third-order valence-corrected chi connectivity index (χ3v) is 3.63. The number of aryl methyl sites for hydroxylation is 2. The van der Waals surface area contributed by atoms with Gasteiger partial charge in [-0.2, -0.15) is 5.10 Å². The van der Waals surface area contributed by atoms with Gasteiger partial charge in [0.1, 0.15) is 0 Å². The number of guanidine groups is 1. The van der Waals surface area contributed by atoms with Crippen LogP contribution in [0.1, 0.15) is 23.6 Å². The lowest BCUT2D eigenvalue weighted by Gasteiger charge is -2.22. The smallest absolute Gasteiger partial charge is 0.193 e. The molecule has 0 atom stereocenters. The lowest BCUT2D eigenvalue weighted by atomic mass is 10.1. The molecular formula is C17H25N5. The van der Waals surface area contributed by atoms with E-state index in [1.165, 1.54) is 11.1 Å². The summed E-state index contributed by atoms with van der Waals surface area (Å²) in [7, 11) is 5.78. The molecule has 22 heavy (non-hydrogen) atoms. The van der Waals surface area contributed by atoms with Crippen molar-refractivity contribution in [3.63, 3.8) is 0 Å². The van der Waals surface area contributed by atoms with E-state index in [9.17, 15) is 0 Å². The number of aliphatic imine (C=N–C) groups is 1. The monoisotopic (exact) mass is 299 g/mol. The summed E-state index contributed by atoms with van der Waals surface area (Å²) < 4.78 is 1.80. The molecule has 0 fully saturated rings. The average molecular weight is 299 g/mol. The molecule has 0 spiro atoms. The molecule has 0 saturated heterocycles. The molecule has 1 N–H and O–H groups in total. The van der Waals surface area contributed by atoms with Crippen molar-refractivity contribution in [1.82, 2.24) is 20.0 Å². The van der Waals surface area contributed by atoms with Gasteiger partial charge < -0.3 is 10.2 Å². The normalized spacial score (nSPS) is 11.5. The predicted molar refractivity (Wildman–Crippen MR) is 90.7 cm³/mol. The second kappa shape index (κ2) is 7.64. The molecule has 0 unspecified atom stereocenters. The number of hydrogen-bond donors (Lipinski definition) is 1. The number of hydrogen-bond acceptors (Lipinski definition) is 2. The van der Waals surface area contributed by atoms with E-state index in [0.717, 1.165) is 31.0 Å². The SMILES string of the molecule is CCc1ccc(CN(C)C(=NC)NCc2cnn(C)c2)cc1. The Bertz CT molecular complexity index is 612. The predicted octanol–water partition coefficient (Wildman–Crippen LogP) is 2.19. The van der Waals surface area contributed by atoms with E-state index in [1.807, 2.05) is 33.5 Å². The Hall–Kier alpha value is -2.30. The van der Waals surface area contributed by atoms with Crippen LogP contribution in [0.25, 0.3) is 0 Å². The van der Waals surface area contributed by atoms with Crippen LogP contribution in [0.4, 0.5) is 0 Å². The summed E-state index contributed by atoms with van der Waals surface area (Å²) in [4.78, 5) is 6.47. The van der Waals surface area contributed by atoms with E-state index in [0.29, 0.717) is 0 Å². The Balaban J connectivity index is 1.91. The van der Waals surface area contributed by atoms with E-state index < -0.39 is 0 Å². The molecular weight excluding hydrogens is 274 g/mol. The first kappa shape index (κ1) is 16.1. The lowest BCUT2D eigenvalue weighted by molar-refractivity contribution is 0.476. The second-order valence-corrected chi connectivity index (χ2v) is 5.45. The molecule has 0 aliphatic rings. The van der Waals surface area contributed by atoms with Gasteiger partial charge in [0, 0.05) is 46.0 Å². The zero-order chi connectivity index (χ0) is 15.9. The van der Waals surface area contributed by atoms with Crippen molar-refractivity contribution in [3.05, 3.63) is 53.3 Å². The number of nitrogens with zero attached hydrogens (tertiary/aromatic N) is 4. The topological polar surface area (TPSA) is 45.4 Å². The molecule has 1 aromatic carbocycles. The molecule has 2 aromatic rings. The lowest BCUT2D eigenvalue weighted by Crippen LogP contribution is -2.37. The Morgan fingerprint density at radius 3 is 2.45 bits per heavy atom. The van der Waals surface area contributed by atoms with Crippen LogP contribution in [0.15, 0.2) is 41.7 Å². The molecule has 1 aromatic heterocycles. The molecule has 5 nitrogen and oxygen atoms in total. The van der Waals surface area contributed by atoms with Crippen LogP contribution in [0.3, 0.4) is 0 Å². The van der Waals surface area contributed by atoms with Crippen LogP contribution >= 0.6 is 0 Å². The minimum atomic E-state index is 0.722. The number of benzene rings is 1. The van der Waals surface area contributed by atoms with E-state index in [-0.39, 0.29) is 0 Å². The highest BCUT2D eigenvalue weighted by atomic mass is 15.3. The minimum Gasteiger partial charge on any atom is -0.352 e. The van der Waals surface area contributed by atoms with Gasteiger partial charge in [0.25, 0.3) is 0 Å². The maximum Gasteiger partial charge on any atom is 0.193 e. The summed E-state index contributed by atoms with van der Waals surface area (Å²) in [6, 6.07) is 8.75.